The average Bonchev–Trinajstić information content (AvgIpc) is 3.07. The number of aromatic nitrogens is 2. The van der Waals surface area contributed by atoms with Crippen LogP contribution in [0.3, 0.4) is 0 Å². The van der Waals surface area contributed by atoms with Crippen molar-refractivity contribution in [3.63, 3.8) is 0 Å². The minimum absolute atomic E-state index is 0.592. The molecule has 0 aliphatic carbocycles. The summed E-state index contributed by atoms with van der Waals surface area (Å²) >= 11 is 11.2. The smallest absolute Gasteiger partial charge is 0.206 e. The van der Waals surface area contributed by atoms with Crippen molar-refractivity contribution in [3.05, 3.63) is 19.0 Å². The van der Waals surface area contributed by atoms with Gasteiger partial charge in [-0.05, 0) is 86.0 Å². The summed E-state index contributed by atoms with van der Waals surface area (Å²) in [5.74, 6) is 1.15. The fourth-order valence-electron chi connectivity index (χ4n) is 3.64. The summed E-state index contributed by atoms with van der Waals surface area (Å²) in [6.45, 7) is 4.51. The van der Waals surface area contributed by atoms with Gasteiger partial charge in [0, 0.05) is 28.1 Å². The maximum Gasteiger partial charge on any atom is 0.206 e. The number of hydrogen-bond acceptors (Lipinski definition) is 2. The number of hydrogen-bond donors (Lipinski definition) is 0. The lowest BCUT2D eigenvalue weighted by Gasteiger charge is -2.25. The first-order valence-electron chi connectivity index (χ1n) is 7.41. The number of anilines is 1. The number of halogens is 3. The zero-order valence-corrected chi connectivity index (χ0v) is 16.6. The number of imidazole rings is 1. The highest BCUT2D eigenvalue weighted by atomic mass is 79.9. The molecule has 2 aliphatic heterocycles. The molecule has 112 valence electrons. The van der Waals surface area contributed by atoms with Crippen LogP contribution in [0.15, 0.2) is 13.4 Å². The molecule has 3 nitrogen and oxygen atoms in total. The van der Waals surface area contributed by atoms with E-state index in [4.69, 9.17) is 4.98 Å². The van der Waals surface area contributed by atoms with Crippen LogP contribution in [0.2, 0.25) is 0 Å². The summed E-state index contributed by atoms with van der Waals surface area (Å²) in [5, 5.41) is 0. The van der Waals surface area contributed by atoms with Crippen molar-refractivity contribution >= 4 is 64.8 Å². The third-order valence-electron chi connectivity index (χ3n) is 4.71. The Kier molecular flexibility index (Phi) is 3.62. The Hall–Kier alpha value is -0.0700. The fourth-order valence-corrected chi connectivity index (χ4v) is 5.39. The standard InChI is InChI=1S/C15H16Br3N3/c1-8-4-2-6-20(8)15-19-13-12(18)11(17)10(16)9-5-3-7-21(15)14(9)13/h8H,2-7H2,1H3. The normalized spacial score (nSPS) is 21.5. The second-order valence-corrected chi connectivity index (χ2v) is 8.35. The van der Waals surface area contributed by atoms with Gasteiger partial charge in [-0.3, -0.25) is 0 Å². The van der Waals surface area contributed by atoms with E-state index < -0.39 is 0 Å². The lowest BCUT2D eigenvalue weighted by Crippen LogP contribution is -2.29. The van der Waals surface area contributed by atoms with Crippen LogP contribution < -0.4 is 4.90 Å². The van der Waals surface area contributed by atoms with Crippen LogP contribution in [0.1, 0.15) is 31.7 Å². The Morgan fingerprint density at radius 3 is 2.57 bits per heavy atom. The maximum atomic E-state index is 5.01. The van der Waals surface area contributed by atoms with Gasteiger partial charge in [0.1, 0.15) is 5.52 Å². The van der Waals surface area contributed by atoms with E-state index in [1.54, 1.807) is 0 Å². The van der Waals surface area contributed by atoms with Crippen LogP contribution in [0.5, 0.6) is 0 Å². The topological polar surface area (TPSA) is 21.1 Å². The minimum Gasteiger partial charge on any atom is -0.340 e. The first-order valence-corrected chi connectivity index (χ1v) is 9.79. The Bertz CT molecular complexity index is 738. The van der Waals surface area contributed by atoms with E-state index in [-0.39, 0.29) is 0 Å². The molecule has 1 aromatic heterocycles. The zero-order valence-electron chi connectivity index (χ0n) is 11.8. The van der Waals surface area contributed by atoms with Gasteiger partial charge in [0.15, 0.2) is 0 Å². The Morgan fingerprint density at radius 1 is 1.05 bits per heavy atom. The fraction of sp³-hybridized carbons (Fsp3) is 0.533. The molecule has 21 heavy (non-hydrogen) atoms. The molecule has 4 rings (SSSR count). The highest BCUT2D eigenvalue weighted by Gasteiger charge is 2.30. The van der Waals surface area contributed by atoms with E-state index in [9.17, 15) is 0 Å². The van der Waals surface area contributed by atoms with Crippen molar-refractivity contribution in [2.75, 3.05) is 11.4 Å². The molecule has 1 atom stereocenters. The van der Waals surface area contributed by atoms with Crippen LogP contribution in [0, 0.1) is 0 Å². The quantitative estimate of drug-likeness (QED) is 0.522. The third kappa shape index (κ3) is 2.05. The van der Waals surface area contributed by atoms with E-state index >= 15 is 0 Å². The summed E-state index contributed by atoms with van der Waals surface area (Å²) in [6, 6.07) is 0.592. The van der Waals surface area contributed by atoms with E-state index in [1.165, 1.54) is 34.8 Å². The van der Waals surface area contributed by atoms with E-state index in [2.05, 4.69) is 64.2 Å². The Morgan fingerprint density at radius 2 is 1.86 bits per heavy atom. The van der Waals surface area contributed by atoms with Gasteiger partial charge in [-0.1, -0.05) is 0 Å². The first kappa shape index (κ1) is 14.5. The minimum atomic E-state index is 0.592. The van der Waals surface area contributed by atoms with Gasteiger partial charge in [-0.15, -0.1) is 0 Å². The van der Waals surface area contributed by atoms with E-state index in [0.717, 1.165) is 39.9 Å². The van der Waals surface area contributed by atoms with Crippen molar-refractivity contribution in [3.8, 4) is 0 Å². The van der Waals surface area contributed by atoms with Crippen LogP contribution in [-0.4, -0.2) is 22.1 Å². The van der Waals surface area contributed by atoms with Crippen LogP contribution in [-0.2, 0) is 13.0 Å². The van der Waals surface area contributed by atoms with Crippen molar-refractivity contribution in [1.29, 1.82) is 0 Å². The SMILES string of the molecule is CC1CCCN1c1nc2c(Br)c(Br)c(Br)c3c2n1CCC3. The average molecular weight is 478 g/mol. The molecule has 1 fully saturated rings. The molecule has 0 radical (unpaired) electrons. The lowest BCUT2D eigenvalue weighted by molar-refractivity contribution is 0.608. The summed E-state index contributed by atoms with van der Waals surface area (Å²) in [4.78, 5) is 7.48. The summed E-state index contributed by atoms with van der Waals surface area (Å²) in [7, 11) is 0. The second-order valence-electron chi connectivity index (χ2n) is 5.97. The number of nitrogens with zero attached hydrogens (tertiary/aromatic N) is 3. The third-order valence-corrected chi connectivity index (χ3v) is 8.21. The monoisotopic (exact) mass is 475 g/mol. The molecule has 6 heteroatoms. The van der Waals surface area contributed by atoms with Crippen molar-refractivity contribution < 1.29 is 0 Å². The molecular weight excluding hydrogens is 462 g/mol. The highest BCUT2D eigenvalue weighted by molar-refractivity contribution is 9.14. The van der Waals surface area contributed by atoms with Gasteiger partial charge in [-0.2, -0.15) is 0 Å². The predicted molar refractivity (Wildman–Crippen MR) is 97.2 cm³/mol. The Labute approximate surface area is 149 Å². The van der Waals surface area contributed by atoms with Gasteiger partial charge >= 0.3 is 0 Å². The molecule has 1 aromatic carbocycles. The first-order chi connectivity index (χ1) is 10.1. The molecule has 0 spiro atoms. The van der Waals surface area contributed by atoms with Gasteiger partial charge < -0.3 is 9.47 Å². The molecule has 0 saturated carbocycles. The number of rotatable bonds is 1. The van der Waals surface area contributed by atoms with E-state index in [1.807, 2.05) is 0 Å². The molecule has 1 unspecified atom stereocenters. The maximum absolute atomic E-state index is 5.01. The van der Waals surface area contributed by atoms with Gasteiger partial charge in [-0.25, -0.2) is 4.98 Å². The van der Waals surface area contributed by atoms with Crippen LogP contribution in [0.4, 0.5) is 5.95 Å². The predicted octanol–water partition coefficient (Wildman–Crippen LogP) is 5.26. The molecule has 0 amide bonds. The number of aryl methyl sites for hydroxylation is 2. The lowest BCUT2D eigenvalue weighted by atomic mass is 10.0. The molecule has 3 heterocycles. The van der Waals surface area contributed by atoms with Crippen molar-refractivity contribution in [1.82, 2.24) is 9.55 Å². The molecule has 2 aromatic rings. The van der Waals surface area contributed by atoms with Crippen LogP contribution in [0.25, 0.3) is 11.0 Å². The van der Waals surface area contributed by atoms with Gasteiger partial charge in [0.25, 0.3) is 0 Å². The summed E-state index contributed by atoms with van der Waals surface area (Å²) in [6.07, 6.45) is 4.83. The van der Waals surface area contributed by atoms with Crippen molar-refractivity contribution in [2.24, 2.45) is 0 Å². The number of benzene rings is 1. The largest absolute Gasteiger partial charge is 0.340 e. The zero-order chi connectivity index (χ0) is 14.7. The van der Waals surface area contributed by atoms with Gasteiger partial charge in [0.05, 0.1) is 9.99 Å². The molecule has 0 bridgehead atoms. The highest BCUT2D eigenvalue weighted by Crippen LogP contribution is 2.44. The van der Waals surface area contributed by atoms with Gasteiger partial charge in [0.2, 0.25) is 5.95 Å². The summed E-state index contributed by atoms with van der Waals surface area (Å²) < 4.78 is 5.74. The molecule has 0 N–H and O–H groups in total. The second kappa shape index (κ2) is 5.24. The molecule has 2 aliphatic rings. The van der Waals surface area contributed by atoms with E-state index in [0.29, 0.717) is 6.04 Å². The molecule has 1 saturated heterocycles. The molecular formula is C15H16Br3N3. The van der Waals surface area contributed by atoms with Crippen LogP contribution >= 0.6 is 47.8 Å². The summed E-state index contributed by atoms with van der Waals surface area (Å²) in [5.41, 5.74) is 3.78. The van der Waals surface area contributed by atoms with Crippen molar-refractivity contribution in [2.45, 2.75) is 45.2 Å². The Balaban J connectivity index is 2.03.